The number of ether oxygens (including phenoxy) is 2. The highest BCUT2D eigenvalue weighted by molar-refractivity contribution is 5.76. The van der Waals surface area contributed by atoms with Crippen LogP contribution in [0.2, 0.25) is 0 Å². The van der Waals surface area contributed by atoms with Crippen LogP contribution in [0.25, 0.3) is 0 Å². The van der Waals surface area contributed by atoms with Crippen LogP contribution in [-0.2, 0) is 24.2 Å². The second kappa shape index (κ2) is 8.52. The first-order chi connectivity index (χ1) is 14.2. The maximum Gasteiger partial charge on any atom is 0.231 e. The van der Waals surface area contributed by atoms with E-state index >= 15 is 0 Å². The standard InChI is InChI=1S/C21H19N3O5/c1-2-9-24(13-16-4-3-10-26-16)21(25)8-7-19-22-23-20(29-19)12-15-5-6-17-18(11-15)28-14-27-17/h1,3-6,10-11H,7-9,12-14H2. The van der Waals surface area contributed by atoms with Gasteiger partial charge in [0.1, 0.15) is 5.76 Å². The number of benzene rings is 1. The van der Waals surface area contributed by atoms with Crippen molar-refractivity contribution in [3.05, 3.63) is 59.7 Å². The van der Waals surface area contributed by atoms with Crippen molar-refractivity contribution < 1.29 is 23.1 Å². The molecule has 29 heavy (non-hydrogen) atoms. The van der Waals surface area contributed by atoms with Crippen LogP contribution >= 0.6 is 0 Å². The molecule has 1 aliphatic heterocycles. The zero-order valence-electron chi connectivity index (χ0n) is 15.7. The normalized spacial score (nSPS) is 12.0. The van der Waals surface area contributed by atoms with Crippen molar-refractivity contribution in [2.45, 2.75) is 25.8 Å². The number of amides is 1. The first-order valence-electron chi connectivity index (χ1n) is 9.14. The van der Waals surface area contributed by atoms with Crippen molar-refractivity contribution in [3.63, 3.8) is 0 Å². The van der Waals surface area contributed by atoms with Crippen molar-refractivity contribution in [1.29, 1.82) is 0 Å². The summed E-state index contributed by atoms with van der Waals surface area (Å²) >= 11 is 0. The van der Waals surface area contributed by atoms with Gasteiger partial charge in [-0.05, 0) is 29.8 Å². The van der Waals surface area contributed by atoms with Crippen LogP contribution in [-0.4, -0.2) is 34.3 Å². The maximum atomic E-state index is 12.5. The van der Waals surface area contributed by atoms with Gasteiger partial charge in [0, 0.05) is 12.8 Å². The number of fused-ring (bicyclic) bond motifs is 1. The van der Waals surface area contributed by atoms with Gasteiger partial charge < -0.3 is 23.2 Å². The molecule has 148 valence electrons. The summed E-state index contributed by atoms with van der Waals surface area (Å²) < 4.78 is 21.6. The Morgan fingerprint density at radius 3 is 2.86 bits per heavy atom. The fourth-order valence-corrected chi connectivity index (χ4v) is 2.99. The molecule has 0 bridgehead atoms. The molecule has 0 saturated heterocycles. The monoisotopic (exact) mass is 393 g/mol. The van der Waals surface area contributed by atoms with Gasteiger partial charge >= 0.3 is 0 Å². The number of terminal acetylenes is 1. The van der Waals surface area contributed by atoms with Crippen molar-refractivity contribution in [1.82, 2.24) is 15.1 Å². The van der Waals surface area contributed by atoms with Gasteiger partial charge in [-0.3, -0.25) is 4.79 Å². The predicted molar refractivity (Wildman–Crippen MR) is 101 cm³/mol. The average Bonchev–Trinajstić information content (AvgIpc) is 3.47. The lowest BCUT2D eigenvalue weighted by Crippen LogP contribution is -2.31. The number of nitrogens with zero attached hydrogens (tertiary/aromatic N) is 3. The first-order valence-corrected chi connectivity index (χ1v) is 9.14. The Morgan fingerprint density at radius 1 is 1.17 bits per heavy atom. The van der Waals surface area contributed by atoms with E-state index in [4.69, 9.17) is 24.7 Å². The van der Waals surface area contributed by atoms with E-state index in [1.54, 1.807) is 23.3 Å². The quantitative estimate of drug-likeness (QED) is 0.543. The second-order valence-electron chi connectivity index (χ2n) is 6.49. The highest BCUT2D eigenvalue weighted by atomic mass is 16.7. The van der Waals surface area contributed by atoms with Gasteiger partial charge in [0.15, 0.2) is 11.5 Å². The predicted octanol–water partition coefficient (Wildman–Crippen LogP) is 2.58. The molecule has 0 unspecified atom stereocenters. The third-order valence-electron chi connectivity index (χ3n) is 4.42. The average molecular weight is 393 g/mol. The second-order valence-corrected chi connectivity index (χ2v) is 6.49. The topological polar surface area (TPSA) is 90.8 Å². The molecule has 1 aliphatic rings. The van der Waals surface area contributed by atoms with Crippen molar-refractivity contribution in [3.8, 4) is 23.8 Å². The molecule has 3 aromatic rings. The summed E-state index contributed by atoms with van der Waals surface area (Å²) in [7, 11) is 0. The lowest BCUT2D eigenvalue weighted by molar-refractivity contribution is -0.131. The van der Waals surface area contributed by atoms with Crippen LogP contribution in [0.15, 0.2) is 45.4 Å². The minimum absolute atomic E-state index is 0.102. The van der Waals surface area contributed by atoms with Crippen LogP contribution < -0.4 is 9.47 Å². The van der Waals surface area contributed by atoms with Crippen molar-refractivity contribution in [2.75, 3.05) is 13.3 Å². The maximum absolute atomic E-state index is 12.5. The van der Waals surface area contributed by atoms with E-state index in [0.717, 1.165) is 11.3 Å². The fourth-order valence-electron chi connectivity index (χ4n) is 2.99. The van der Waals surface area contributed by atoms with Gasteiger partial charge in [0.05, 0.1) is 25.8 Å². The molecule has 8 heteroatoms. The minimum Gasteiger partial charge on any atom is -0.467 e. The number of aromatic nitrogens is 2. The SMILES string of the molecule is C#CCN(Cc1ccco1)C(=O)CCc1nnc(Cc2ccc3c(c2)OCO3)o1. The van der Waals surface area contributed by atoms with Gasteiger partial charge in [-0.1, -0.05) is 12.0 Å². The molecular formula is C21H19N3O5. The number of aryl methyl sites for hydroxylation is 1. The molecular weight excluding hydrogens is 374 g/mol. The third kappa shape index (κ3) is 4.58. The molecule has 4 rings (SSSR count). The molecule has 0 atom stereocenters. The van der Waals surface area contributed by atoms with Crippen LogP contribution in [0.1, 0.15) is 29.5 Å². The lowest BCUT2D eigenvalue weighted by atomic mass is 10.1. The highest BCUT2D eigenvalue weighted by Crippen LogP contribution is 2.33. The number of carbonyl (C=O) groups is 1. The van der Waals surface area contributed by atoms with Crippen LogP contribution in [0, 0.1) is 12.3 Å². The molecule has 0 fully saturated rings. The summed E-state index contributed by atoms with van der Waals surface area (Å²) in [6.07, 6.45) is 7.97. The van der Waals surface area contributed by atoms with E-state index in [9.17, 15) is 4.79 Å². The zero-order chi connectivity index (χ0) is 20.1. The first kappa shape index (κ1) is 18.6. The van der Waals surface area contributed by atoms with Crippen molar-refractivity contribution >= 4 is 5.91 Å². The molecule has 3 heterocycles. The van der Waals surface area contributed by atoms with E-state index in [1.165, 1.54) is 0 Å². The van der Waals surface area contributed by atoms with Crippen LogP contribution in [0.3, 0.4) is 0 Å². The lowest BCUT2D eigenvalue weighted by Gasteiger charge is -2.18. The van der Waals surface area contributed by atoms with Gasteiger partial charge in [0.25, 0.3) is 0 Å². The summed E-state index contributed by atoms with van der Waals surface area (Å²) in [5.41, 5.74) is 0.971. The summed E-state index contributed by atoms with van der Waals surface area (Å²) in [6.45, 7) is 0.766. The van der Waals surface area contributed by atoms with Gasteiger partial charge in [-0.2, -0.15) is 0 Å². The highest BCUT2D eigenvalue weighted by Gasteiger charge is 2.17. The summed E-state index contributed by atoms with van der Waals surface area (Å²) in [5.74, 6) is 5.39. The smallest absolute Gasteiger partial charge is 0.231 e. The van der Waals surface area contributed by atoms with E-state index in [2.05, 4.69) is 16.1 Å². The summed E-state index contributed by atoms with van der Waals surface area (Å²) in [4.78, 5) is 14.1. The largest absolute Gasteiger partial charge is 0.467 e. The molecule has 0 N–H and O–H groups in total. The number of hydrogen-bond acceptors (Lipinski definition) is 7. The fraction of sp³-hybridized carbons (Fsp3) is 0.286. The molecule has 0 aliphatic carbocycles. The molecule has 8 nitrogen and oxygen atoms in total. The van der Waals surface area contributed by atoms with E-state index < -0.39 is 0 Å². The van der Waals surface area contributed by atoms with E-state index in [-0.39, 0.29) is 25.7 Å². The third-order valence-corrected chi connectivity index (χ3v) is 4.42. The number of carbonyl (C=O) groups excluding carboxylic acids is 1. The van der Waals surface area contributed by atoms with Gasteiger partial charge in [-0.15, -0.1) is 16.6 Å². The van der Waals surface area contributed by atoms with E-state index in [1.807, 2.05) is 18.2 Å². The summed E-state index contributed by atoms with van der Waals surface area (Å²) in [6, 6.07) is 9.24. The van der Waals surface area contributed by atoms with Gasteiger partial charge in [-0.25, -0.2) is 0 Å². The summed E-state index contributed by atoms with van der Waals surface area (Å²) in [5, 5.41) is 8.10. The van der Waals surface area contributed by atoms with Gasteiger partial charge in [0.2, 0.25) is 24.5 Å². The van der Waals surface area contributed by atoms with Crippen molar-refractivity contribution in [2.24, 2.45) is 0 Å². The molecule has 0 spiro atoms. The van der Waals surface area contributed by atoms with Crippen LogP contribution in [0.5, 0.6) is 11.5 Å². The molecule has 0 saturated carbocycles. The Balaban J connectivity index is 1.32. The molecule has 1 aromatic carbocycles. The number of hydrogen-bond donors (Lipinski definition) is 0. The Labute approximate surface area is 167 Å². The minimum atomic E-state index is -0.102. The molecule has 0 radical (unpaired) electrons. The van der Waals surface area contributed by atoms with Crippen LogP contribution in [0.4, 0.5) is 0 Å². The van der Waals surface area contributed by atoms with E-state index in [0.29, 0.717) is 42.7 Å². The number of rotatable bonds is 8. The zero-order valence-corrected chi connectivity index (χ0v) is 15.7. The molecule has 2 aromatic heterocycles. The Kier molecular flexibility index (Phi) is 5.47. The molecule has 1 amide bonds. The number of furan rings is 1. The Morgan fingerprint density at radius 2 is 2.03 bits per heavy atom. The Hall–Kier alpha value is -3.73. The Bertz CT molecular complexity index is 1020.